The maximum Gasteiger partial charge on any atom is 0.346 e. The monoisotopic (exact) mass is 219 g/mol. The normalized spacial score (nSPS) is 11.4. The summed E-state index contributed by atoms with van der Waals surface area (Å²) < 4.78 is 9.97. The summed E-state index contributed by atoms with van der Waals surface area (Å²) >= 11 is 0. The van der Waals surface area contributed by atoms with E-state index in [2.05, 4.69) is 4.74 Å². The van der Waals surface area contributed by atoms with Crippen LogP contribution < -0.4 is 4.74 Å². The molecular weight excluding hydrogens is 206 g/mol. The molecule has 0 aliphatic carbocycles. The Morgan fingerprint density at radius 2 is 2.19 bits per heavy atom. The lowest BCUT2D eigenvalue weighted by Crippen LogP contribution is -2.25. The molecule has 1 rings (SSSR count). The maximum absolute atomic E-state index is 11.2. The second-order valence-corrected chi connectivity index (χ2v) is 3.38. The van der Waals surface area contributed by atoms with Gasteiger partial charge < -0.3 is 9.47 Å². The quantitative estimate of drug-likeness (QED) is 0.727. The Bertz CT molecular complexity index is 434. The molecule has 0 aliphatic rings. The van der Waals surface area contributed by atoms with Gasteiger partial charge in [0.1, 0.15) is 5.75 Å². The van der Waals surface area contributed by atoms with Gasteiger partial charge in [0.15, 0.2) is 6.10 Å². The number of ether oxygens (including phenoxy) is 2. The van der Waals surface area contributed by atoms with Crippen LogP contribution >= 0.6 is 0 Å². The van der Waals surface area contributed by atoms with Crippen LogP contribution in [-0.2, 0) is 9.53 Å². The van der Waals surface area contributed by atoms with Gasteiger partial charge in [-0.1, -0.05) is 6.07 Å². The first-order valence-electron chi connectivity index (χ1n) is 4.83. The van der Waals surface area contributed by atoms with Crippen molar-refractivity contribution in [3.63, 3.8) is 0 Å². The zero-order valence-corrected chi connectivity index (χ0v) is 9.48. The van der Waals surface area contributed by atoms with Gasteiger partial charge in [-0.25, -0.2) is 4.79 Å². The first-order valence-corrected chi connectivity index (χ1v) is 4.83. The molecule has 16 heavy (non-hydrogen) atoms. The summed E-state index contributed by atoms with van der Waals surface area (Å²) in [6.07, 6.45) is -0.683. The molecule has 1 aromatic carbocycles. The molecular formula is C12H13NO3. The van der Waals surface area contributed by atoms with Gasteiger partial charge in [-0.15, -0.1) is 0 Å². The minimum atomic E-state index is -0.683. The van der Waals surface area contributed by atoms with Crippen molar-refractivity contribution in [2.45, 2.75) is 20.0 Å². The van der Waals surface area contributed by atoms with Crippen LogP contribution in [0.15, 0.2) is 18.2 Å². The fraction of sp³-hybridized carbons (Fsp3) is 0.333. The average molecular weight is 219 g/mol. The molecule has 84 valence electrons. The SMILES string of the molecule is COC(=O)C(C)Oc1cc(C#N)ccc1C. The van der Waals surface area contributed by atoms with Crippen LogP contribution in [0.3, 0.4) is 0 Å². The van der Waals surface area contributed by atoms with Gasteiger partial charge in [0, 0.05) is 0 Å². The van der Waals surface area contributed by atoms with E-state index in [1.807, 2.05) is 13.0 Å². The van der Waals surface area contributed by atoms with Crippen LogP contribution in [0.5, 0.6) is 5.75 Å². The van der Waals surface area contributed by atoms with Crippen molar-refractivity contribution in [3.8, 4) is 11.8 Å². The number of nitriles is 1. The second kappa shape index (κ2) is 5.17. The summed E-state index contributed by atoms with van der Waals surface area (Å²) in [4.78, 5) is 11.2. The third-order valence-electron chi connectivity index (χ3n) is 2.15. The molecule has 0 radical (unpaired) electrons. The van der Waals surface area contributed by atoms with E-state index in [9.17, 15) is 4.79 Å². The number of hydrogen-bond donors (Lipinski definition) is 0. The van der Waals surface area contributed by atoms with E-state index < -0.39 is 12.1 Å². The van der Waals surface area contributed by atoms with Crippen LogP contribution in [0.1, 0.15) is 18.1 Å². The van der Waals surface area contributed by atoms with Crippen molar-refractivity contribution in [3.05, 3.63) is 29.3 Å². The van der Waals surface area contributed by atoms with E-state index in [1.165, 1.54) is 7.11 Å². The van der Waals surface area contributed by atoms with Crippen LogP contribution in [0, 0.1) is 18.3 Å². The van der Waals surface area contributed by atoms with Gasteiger partial charge in [-0.3, -0.25) is 0 Å². The Morgan fingerprint density at radius 3 is 2.75 bits per heavy atom. The Kier molecular flexibility index (Phi) is 3.90. The summed E-state index contributed by atoms with van der Waals surface area (Å²) in [5, 5.41) is 8.75. The average Bonchev–Trinajstić information content (AvgIpc) is 2.30. The second-order valence-electron chi connectivity index (χ2n) is 3.38. The predicted molar refractivity (Wildman–Crippen MR) is 58.0 cm³/mol. The lowest BCUT2D eigenvalue weighted by molar-refractivity contribution is -0.147. The molecule has 0 N–H and O–H groups in total. The molecule has 0 saturated carbocycles. The van der Waals surface area contributed by atoms with Crippen LogP contribution in [0.4, 0.5) is 0 Å². The number of methoxy groups -OCH3 is 1. The van der Waals surface area contributed by atoms with Gasteiger partial charge in [-0.05, 0) is 31.5 Å². The highest BCUT2D eigenvalue weighted by Gasteiger charge is 2.15. The van der Waals surface area contributed by atoms with Gasteiger partial charge in [0.25, 0.3) is 0 Å². The molecule has 0 spiro atoms. The number of aryl methyl sites for hydroxylation is 1. The van der Waals surface area contributed by atoms with Crippen molar-refractivity contribution < 1.29 is 14.3 Å². The summed E-state index contributed by atoms with van der Waals surface area (Å²) in [6.45, 7) is 3.45. The van der Waals surface area contributed by atoms with Crippen LogP contribution in [-0.4, -0.2) is 19.2 Å². The number of carbonyl (C=O) groups excluding carboxylic acids is 1. The number of hydrogen-bond acceptors (Lipinski definition) is 4. The van der Waals surface area contributed by atoms with E-state index in [4.69, 9.17) is 10.00 Å². The molecule has 0 saturated heterocycles. The highest BCUT2D eigenvalue weighted by atomic mass is 16.6. The van der Waals surface area contributed by atoms with Crippen molar-refractivity contribution in [2.75, 3.05) is 7.11 Å². The number of carbonyl (C=O) groups is 1. The molecule has 0 bridgehead atoms. The molecule has 1 aromatic rings. The van der Waals surface area contributed by atoms with Crippen LogP contribution in [0.25, 0.3) is 0 Å². The fourth-order valence-corrected chi connectivity index (χ4v) is 1.20. The Morgan fingerprint density at radius 1 is 1.50 bits per heavy atom. The third kappa shape index (κ3) is 2.74. The summed E-state index contributed by atoms with van der Waals surface area (Å²) in [7, 11) is 1.31. The highest BCUT2D eigenvalue weighted by Crippen LogP contribution is 2.20. The topological polar surface area (TPSA) is 59.3 Å². The predicted octanol–water partition coefficient (Wildman–Crippen LogP) is 1.81. The first kappa shape index (κ1) is 12.1. The van der Waals surface area contributed by atoms with Crippen LogP contribution in [0.2, 0.25) is 0 Å². The minimum absolute atomic E-state index is 0.443. The smallest absolute Gasteiger partial charge is 0.346 e. The van der Waals surface area contributed by atoms with Crippen molar-refractivity contribution in [1.82, 2.24) is 0 Å². The summed E-state index contributed by atoms with van der Waals surface area (Å²) in [6, 6.07) is 7.10. The standard InChI is InChI=1S/C12H13NO3/c1-8-4-5-10(7-13)6-11(8)16-9(2)12(14)15-3/h4-6,9H,1-3H3. The molecule has 1 unspecified atom stereocenters. The Hall–Kier alpha value is -2.02. The van der Waals surface area contributed by atoms with E-state index in [1.54, 1.807) is 25.1 Å². The lowest BCUT2D eigenvalue weighted by atomic mass is 10.1. The third-order valence-corrected chi connectivity index (χ3v) is 2.15. The number of benzene rings is 1. The maximum atomic E-state index is 11.2. The fourth-order valence-electron chi connectivity index (χ4n) is 1.20. The molecule has 0 heterocycles. The zero-order chi connectivity index (χ0) is 12.1. The van der Waals surface area contributed by atoms with Gasteiger partial charge in [-0.2, -0.15) is 5.26 Å². The van der Waals surface area contributed by atoms with Gasteiger partial charge in [0.05, 0.1) is 18.7 Å². The number of nitrogens with zero attached hydrogens (tertiary/aromatic N) is 1. The largest absolute Gasteiger partial charge is 0.479 e. The van der Waals surface area contributed by atoms with Gasteiger partial charge in [0.2, 0.25) is 0 Å². The van der Waals surface area contributed by atoms with E-state index in [0.29, 0.717) is 11.3 Å². The molecule has 0 fully saturated rings. The van der Waals surface area contributed by atoms with Crippen molar-refractivity contribution in [2.24, 2.45) is 0 Å². The molecule has 4 nitrogen and oxygen atoms in total. The molecule has 0 amide bonds. The van der Waals surface area contributed by atoms with Crippen molar-refractivity contribution in [1.29, 1.82) is 5.26 Å². The number of esters is 1. The van der Waals surface area contributed by atoms with E-state index in [0.717, 1.165) is 5.56 Å². The van der Waals surface area contributed by atoms with Gasteiger partial charge >= 0.3 is 5.97 Å². The van der Waals surface area contributed by atoms with E-state index in [-0.39, 0.29) is 0 Å². The molecule has 0 aromatic heterocycles. The number of rotatable bonds is 3. The lowest BCUT2D eigenvalue weighted by Gasteiger charge is -2.14. The first-order chi connectivity index (χ1) is 7.58. The summed E-state index contributed by atoms with van der Waals surface area (Å²) in [5.74, 6) is 0.0821. The molecule has 4 heteroatoms. The zero-order valence-electron chi connectivity index (χ0n) is 9.48. The Labute approximate surface area is 94.4 Å². The summed E-state index contributed by atoms with van der Waals surface area (Å²) in [5.41, 5.74) is 1.37. The minimum Gasteiger partial charge on any atom is -0.479 e. The highest BCUT2D eigenvalue weighted by molar-refractivity contribution is 5.74. The van der Waals surface area contributed by atoms with Crippen molar-refractivity contribution >= 4 is 5.97 Å². The Balaban J connectivity index is 2.88. The van der Waals surface area contributed by atoms with E-state index >= 15 is 0 Å². The molecule has 0 aliphatic heterocycles. The molecule has 1 atom stereocenters.